The molecule has 1 aromatic heterocycles. The molecule has 3 rings (SSSR count). The third kappa shape index (κ3) is 3.29. The van der Waals surface area contributed by atoms with Crippen LogP contribution in [0.2, 0.25) is 5.02 Å². The van der Waals surface area contributed by atoms with Crippen LogP contribution in [0.4, 0.5) is 11.4 Å². The molecule has 0 aliphatic rings. The molecule has 1 N–H and O–H groups in total. The van der Waals surface area contributed by atoms with Crippen molar-refractivity contribution >= 4 is 46.3 Å². The van der Waals surface area contributed by atoms with E-state index in [1.165, 1.54) is 5.56 Å². The number of hydrogen-bond acceptors (Lipinski definition) is 2. The summed E-state index contributed by atoms with van der Waals surface area (Å²) in [6.07, 6.45) is 0. The smallest absolute Gasteiger partial charge is 0.0727 e. The zero-order valence-corrected chi connectivity index (χ0v) is 13.4. The summed E-state index contributed by atoms with van der Waals surface area (Å²) in [5.74, 6) is 0. The molecule has 1 heterocycles. The molecule has 0 radical (unpaired) electrons. The lowest BCUT2D eigenvalue weighted by atomic mass is 10.1. The lowest BCUT2D eigenvalue weighted by Crippen LogP contribution is -1.96. The van der Waals surface area contributed by atoms with Gasteiger partial charge in [-0.3, -0.25) is 4.98 Å². The normalized spacial score (nSPS) is 10.2. The van der Waals surface area contributed by atoms with Crippen molar-refractivity contribution in [3.63, 3.8) is 0 Å². The largest absolute Gasteiger partial charge is 0.355 e. The van der Waals surface area contributed by atoms with E-state index in [-0.39, 0.29) is 12.4 Å². The lowest BCUT2D eigenvalue weighted by Gasteiger charge is -2.13. The van der Waals surface area contributed by atoms with Crippen LogP contribution in [0.3, 0.4) is 0 Å². The molecular weight excluding hydrogens is 303 g/mol. The zero-order chi connectivity index (χ0) is 14.1. The monoisotopic (exact) mass is 318 g/mol. The first kappa shape index (κ1) is 15.6. The fourth-order valence-electron chi connectivity index (χ4n) is 2.29. The second kappa shape index (κ2) is 6.33. The minimum Gasteiger partial charge on any atom is -0.355 e. The van der Waals surface area contributed by atoms with Crippen LogP contribution in [-0.4, -0.2) is 4.98 Å². The van der Waals surface area contributed by atoms with Crippen molar-refractivity contribution in [1.82, 2.24) is 4.98 Å². The summed E-state index contributed by atoms with van der Waals surface area (Å²) in [5.41, 5.74) is 5.27. The summed E-state index contributed by atoms with van der Waals surface area (Å²) < 4.78 is 0. The first-order chi connectivity index (χ1) is 9.63. The Labute approximate surface area is 135 Å². The lowest BCUT2D eigenvalue weighted by molar-refractivity contribution is 1.25. The van der Waals surface area contributed by atoms with Gasteiger partial charge in [0.25, 0.3) is 0 Å². The number of aromatic nitrogens is 1. The number of nitrogens with one attached hydrogen (secondary N) is 1. The van der Waals surface area contributed by atoms with Gasteiger partial charge in [0.05, 0.1) is 5.52 Å². The van der Waals surface area contributed by atoms with Gasteiger partial charge in [0.2, 0.25) is 0 Å². The highest BCUT2D eigenvalue weighted by atomic mass is 35.5. The van der Waals surface area contributed by atoms with Crippen LogP contribution in [0.15, 0.2) is 48.5 Å². The number of halogens is 2. The van der Waals surface area contributed by atoms with Gasteiger partial charge in [-0.05, 0) is 49.7 Å². The molecule has 0 atom stereocenters. The van der Waals surface area contributed by atoms with Gasteiger partial charge in [0.1, 0.15) is 0 Å². The van der Waals surface area contributed by atoms with E-state index in [2.05, 4.69) is 29.4 Å². The van der Waals surface area contributed by atoms with Crippen LogP contribution in [0.5, 0.6) is 0 Å². The van der Waals surface area contributed by atoms with Gasteiger partial charge < -0.3 is 5.32 Å². The van der Waals surface area contributed by atoms with Gasteiger partial charge in [-0.2, -0.15) is 0 Å². The van der Waals surface area contributed by atoms with Crippen LogP contribution in [0, 0.1) is 13.8 Å². The number of anilines is 2. The Bertz CT molecular complexity index is 785. The molecular formula is C17H16Cl2N2. The molecule has 0 amide bonds. The van der Waals surface area contributed by atoms with E-state index in [1.807, 2.05) is 43.3 Å². The van der Waals surface area contributed by atoms with Gasteiger partial charge in [-0.25, -0.2) is 0 Å². The van der Waals surface area contributed by atoms with Crippen molar-refractivity contribution in [1.29, 1.82) is 0 Å². The minimum absolute atomic E-state index is 0. The third-order valence-electron chi connectivity index (χ3n) is 3.31. The van der Waals surface area contributed by atoms with E-state index in [1.54, 1.807) is 0 Å². The molecule has 2 nitrogen and oxygen atoms in total. The van der Waals surface area contributed by atoms with E-state index < -0.39 is 0 Å². The summed E-state index contributed by atoms with van der Waals surface area (Å²) >= 11 is 6.11. The number of aryl methyl sites for hydroxylation is 2. The number of benzene rings is 2. The Morgan fingerprint density at radius 2 is 1.71 bits per heavy atom. The van der Waals surface area contributed by atoms with E-state index >= 15 is 0 Å². The Hall–Kier alpha value is -1.77. The maximum atomic E-state index is 6.11. The van der Waals surface area contributed by atoms with Gasteiger partial charge in [-0.1, -0.05) is 29.8 Å². The SMILES string of the molecule is Cc1cc(Nc2ccccc2C)c2cc(Cl)ccc2n1.Cl. The van der Waals surface area contributed by atoms with Crippen molar-refractivity contribution in [3.8, 4) is 0 Å². The second-order valence-corrected chi connectivity index (χ2v) is 5.35. The number of rotatable bonds is 2. The van der Waals surface area contributed by atoms with Gasteiger partial charge in [-0.15, -0.1) is 12.4 Å². The molecule has 2 aromatic carbocycles. The van der Waals surface area contributed by atoms with E-state index in [9.17, 15) is 0 Å². The van der Waals surface area contributed by atoms with Crippen LogP contribution in [0.25, 0.3) is 10.9 Å². The predicted octanol–water partition coefficient (Wildman–Crippen LogP) is 5.67. The Kier molecular flexibility index (Phi) is 4.71. The van der Waals surface area contributed by atoms with Crippen LogP contribution < -0.4 is 5.32 Å². The average Bonchev–Trinajstić information content (AvgIpc) is 2.42. The van der Waals surface area contributed by atoms with Crippen molar-refractivity contribution < 1.29 is 0 Å². The maximum absolute atomic E-state index is 6.11. The highest BCUT2D eigenvalue weighted by Crippen LogP contribution is 2.29. The molecule has 0 bridgehead atoms. The topological polar surface area (TPSA) is 24.9 Å². The molecule has 0 aliphatic heterocycles. The average molecular weight is 319 g/mol. The second-order valence-electron chi connectivity index (χ2n) is 4.91. The summed E-state index contributed by atoms with van der Waals surface area (Å²) in [6, 6.07) is 16.0. The molecule has 0 aliphatic carbocycles. The molecule has 108 valence electrons. The van der Waals surface area contributed by atoms with Crippen LogP contribution in [-0.2, 0) is 0 Å². The van der Waals surface area contributed by atoms with Crippen molar-refractivity contribution in [2.75, 3.05) is 5.32 Å². The van der Waals surface area contributed by atoms with E-state index in [0.717, 1.165) is 33.0 Å². The quantitative estimate of drug-likeness (QED) is 0.658. The molecule has 0 spiro atoms. The number of fused-ring (bicyclic) bond motifs is 1. The Morgan fingerprint density at radius 3 is 2.48 bits per heavy atom. The van der Waals surface area contributed by atoms with E-state index in [0.29, 0.717) is 0 Å². The van der Waals surface area contributed by atoms with Gasteiger partial charge >= 0.3 is 0 Å². The Morgan fingerprint density at radius 1 is 0.952 bits per heavy atom. The van der Waals surface area contributed by atoms with Gasteiger partial charge in [0, 0.05) is 27.5 Å². The van der Waals surface area contributed by atoms with Gasteiger partial charge in [0.15, 0.2) is 0 Å². The highest BCUT2D eigenvalue weighted by Gasteiger charge is 2.06. The Balaban J connectivity index is 0.00000161. The highest BCUT2D eigenvalue weighted by molar-refractivity contribution is 6.31. The summed E-state index contributed by atoms with van der Waals surface area (Å²) in [6.45, 7) is 4.09. The molecule has 21 heavy (non-hydrogen) atoms. The predicted molar refractivity (Wildman–Crippen MR) is 93.2 cm³/mol. The standard InChI is InChI=1S/C17H15ClN2.ClH/c1-11-5-3-4-6-15(11)20-17-9-12(2)19-16-8-7-13(18)10-14(16)17;/h3-10H,1-2H3,(H,19,20);1H. The molecule has 0 saturated heterocycles. The third-order valence-corrected chi connectivity index (χ3v) is 3.55. The zero-order valence-electron chi connectivity index (χ0n) is 11.9. The molecule has 0 fully saturated rings. The summed E-state index contributed by atoms with van der Waals surface area (Å²) in [4.78, 5) is 4.54. The fraction of sp³-hybridized carbons (Fsp3) is 0.118. The number of hydrogen-bond donors (Lipinski definition) is 1. The molecule has 3 aromatic rings. The van der Waals surface area contributed by atoms with E-state index in [4.69, 9.17) is 11.6 Å². The first-order valence-electron chi connectivity index (χ1n) is 6.53. The molecule has 4 heteroatoms. The number of para-hydroxylation sites is 1. The number of pyridine rings is 1. The van der Waals surface area contributed by atoms with Crippen LogP contribution in [0.1, 0.15) is 11.3 Å². The summed E-state index contributed by atoms with van der Waals surface area (Å²) in [7, 11) is 0. The fourth-order valence-corrected chi connectivity index (χ4v) is 2.46. The van der Waals surface area contributed by atoms with Crippen molar-refractivity contribution in [2.24, 2.45) is 0 Å². The number of nitrogens with zero attached hydrogens (tertiary/aromatic N) is 1. The van der Waals surface area contributed by atoms with Crippen molar-refractivity contribution in [3.05, 3.63) is 64.8 Å². The molecule has 0 unspecified atom stereocenters. The molecule has 0 saturated carbocycles. The first-order valence-corrected chi connectivity index (χ1v) is 6.91. The maximum Gasteiger partial charge on any atom is 0.0727 e. The minimum atomic E-state index is 0. The van der Waals surface area contributed by atoms with Crippen molar-refractivity contribution in [2.45, 2.75) is 13.8 Å². The summed E-state index contributed by atoms with van der Waals surface area (Å²) in [5, 5.41) is 5.24. The van der Waals surface area contributed by atoms with Crippen LogP contribution >= 0.6 is 24.0 Å².